The molecule has 2 atom stereocenters. The topological polar surface area (TPSA) is 55.8 Å². The molecular formula is C18H27NO4S. The summed E-state index contributed by atoms with van der Waals surface area (Å²) in [6, 6.07) is 6.97. The number of allylic oxidation sites excluding steroid dienone is 1. The van der Waals surface area contributed by atoms with Gasteiger partial charge in [-0.1, -0.05) is 29.3 Å². The zero-order chi connectivity index (χ0) is 17.9. The van der Waals surface area contributed by atoms with Crippen molar-refractivity contribution in [3.05, 3.63) is 41.5 Å². The third-order valence-electron chi connectivity index (χ3n) is 4.40. The van der Waals surface area contributed by atoms with Crippen LogP contribution in [0.4, 0.5) is 0 Å². The third kappa shape index (κ3) is 4.06. The summed E-state index contributed by atoms with van der Waals surface area (Å²) in [6.07, 6.45) is 1.68. The highest BCUT2D eigenvalue weighted by molar-refractivity contribution is 7.89. The lowest BCUT2D eigenvalue weighted by Gasteiger charge is -2.24. The van der Waals surface area contributed by atoms with Crippen LogP contribution in [0.3, 0.4) is 0 Å². The van der Waals surface area contributed by atoms with Crippen LogP contribution in [0.15, 0.2) is 40.8 Å². The van der Waals surface area contributed by atoms with Gasteiger partial charge in [0.2, 0.25) is 10.0 Å². The van der Waals surface area contributed by atoms with Gasteiger partial charge >= 0.3 is 0 Å². The highest BCUT2D eigenvalue weighted by Gasteiger charge is 2.42. The van der Waals surface area contributed by atoms with E-state index in [0.717, 1.165) is 11.1 Å². The lowest BCUT2D eigenvalue weighted by atomic mass is 9.93. The summed E-state index contributed by atoms with van der Waals surface area (Å²) in [7, 11) is -0.338. The first-order chi connectivity index (χ1) is 11.3. The van der Waals surface area contributed by atoms with E-state index >= 15 is 0 Å². The van der Waals surface area contributed by atoms with Gasteiger partial charge < -0.3 is 9.47 Å². The summed E-state index contributed by atoms with van der Waals surface area (Å²) in [4.78, 5) is 0.330. The maximum atomic E-state index is 12.9. The summed E-state index contributed by atoms with van der Waals surface area (Å²) >= 11 is 0. The van der Waals surface area contributed by atoms with Crippen molar-refractivity contribution in [3.8, 4) is 0 Å². The van der Waals surface area contributed by atoms with E-state index in [1.807, 2.05) is 32.9 Å². The maximum absolute atomic E-state index is 12.9. The van der Waals surface area contributed by atoms with E-state index < -0.39 is 16.3 Å². The van der Waals surface area contributed by atoms with Crippen molar-refractivity contribution >= 4 is 10.0 Å². The second kappa shape index (κ2) is 7.78. The SMILES string of the molecule is COC(OC)[C@@H]1CN(S(=O)(=O)c2ccc(C)cc2)C[C@H]1C=C(C)C. The molecule has 1 aliphatic heterocycles. The fourth-order valence-corrected chi connectivity index (χ4v) is 4.72. The maximum Gasteiger partial charge on any atom is 0.243 e. The van der Waals surface area contributed by atoms with Crippen molar-refractivity contribution in [2.45, 2.75) is 32.0 Å². The van der Waals surface area contributed by atoms with Gasteiger partial charge in [-0.05, 0) is 38.8 Å². The van der Waals surface area contributed by atoms with Gasteiger partial charge in [0.25, 0.3) is 0 Å². The average molecular weight is 353 g/mol. The first kappa shape index (κ1) is 19.1. The molecule has 0 amide bonds. The predicted molar refractivity (Wildman–Crippen MR) is 94.2 cm³/mol. The highest BCUT2D eigenvalue weighted by Crippen LogP contribution is 2.33. The highest BCUT2D eigenvalue weighted by atomic mass is 32.2. The Balaban J connectivity index is 2.31. The number of hydrogen-bond acceptors (Lipinski definition) is 4. The number of ether oxygens (including phenoxy) is 2. The fourth-order valence-electron chi connectivity index (χ4n) is 3.21. The number of sulfonamides is 1. The second-order valence-electron chi connectivity index (χ2n) is 6.55. The van der Waals surface area contributed by atoms with Gasteiger partial charge in [-0.15, -0.1) is 0 Å². The molecule has 1 saturated heterocycles. The molecular weight excluding hydrogens is 326 g/mol. The van der Waals surface area contributed by atoms with Gasteiger partial charge in [0.1, 0.15) is 0 Å². The van der Waals surface area contributed by atoms with Gasteiger partial charge in [0.15, 0.2) is 6.29 Å². The van der Waals surface area contributed by atoms with Crippen molar-refractivity contribution in [1.29, 1.82) is 0 Å². The van der Waals surface area contributed by atoms with E-state index in [2.05, 4.69) is 6.08 Å². The molecule has 1 aliphatic rings. The Morgan fingerprint density at radius 2 is 1.75 bits per heavy atom. The molecule has 5 nitrogen and oxygen atoms in total. The van der Waals surface area contributed by atoms with Crippen LogP contribution in [0.1, 0.15) is 19.4 Å². The normalized spacial score (nSPS) is 22.1. The van der Waals surface area contributed by atoms with Gasteiger partial charge in [-0.25, -0.2) is 8.42 Å². The van der Waals surface area contributed by atoms with Crippen molar-refractivity contribution in [2.75, 3.05) is 27.3 Å². The second-order valence-corrected chi connectivity index (χ2v) is 8.48. The molecule has 0 aliphatic carbocycles. The molecule has 0 unspecified atom stereocenters. The van der Waals surface area contributed by atoms with Crippen LogP contribution < -0.4 is 0 Å². The molecule has 0 aromatic heterocycles. The Hall–Kier alpha value is -1.21. The van der Waals surface area contributed by atoms with E-state index in [1.165, 1.54) is 4.31 Å². The van der Waals surface area contributed by atoms with Gasteiger partial charge in [0, 0.05) is 33.2 Å². The van der Waals surface area contributed by atoms with Gasteiger partial charge in [0.05, 0.1) is 4.90 Å². The quantitative estimate of drug-likeness (QED) is 0.583. The smallest absolute Gasteiger partial charge is 0.243 e. The number of aryl methyl sites for hydroxylation is 1. The molecule has 1 fully saturated rings. The minimum Gasteiger partial charge on any atom is -0.356 e. The molecule has 1 heterocycles. The van der Waals surface area contributed by atoms with E-state index in [0.29, 0.717) is 18.0 Å². The molecule has 0 spiro atoms. The summed E-state index contributed by atoms with van der Waals surface area (Å²) < 4.78 is 38.2. The summed E-state index contributed by atoms with van der Waals surface area (Å²) in [5, 5.41) is 0. The van der Waals surface area contributed by atoms with Crippen LogP contribution in [0.5, 0.6) is 0 Å². The number of benzene rings is 1. The number of methoxy groups -OCH3 is 2. The Morgan fingerprint density at radius 3 is 2.25 bits per heavy atom. The minimum absolute atomic E-state index is 0.0323. The zero-order valence-electron chi connectivity index (χ0n) is 15.0. The fraction of sp³-hybridized carbons (Fsp3) is 0.556. The minimum atomic E-state index is -3.51. The van der Waals surface area contributed by atoms with Crippen LogP contribution in [0, 0.1) is 18.8 Å². The third-order valence-corrected chi connectivity index (χ3v) is 6.25. The summed E-state index contributed by atoms with van der Waals surface area (Å²) in [6.45, 7) is 6.80. The zero-order valence-corrected chi connectivity index (χ0v) is 15.8. The lowest BCUT2D eigenvalue weighted by Crippen LogP contribution is -2.32. The number of hydrogen-bond donors (Lipinski definition) is 0. The Kier molecular flexibility index (Phi) is 6.20. The van der Waals surface area contributed by atoms with Crippen molar-refractivity contribution in [3.63, 3.8) is 0 Å². The first-order valence-electron chi connectivity index (χ1n) is 8.07. The Bertz CT molecular complexity index is 673. The Morgan fingerprint density at radius 1 is 1.17 bits per heavy atom. The van der Waals surface area contributed by atoms with Crippen molar-refractivity contribution in [2.24, 2.45) is 11.8 Å². The molecule has 1 aromatic rings. The van der Waals surface area contributed by atoms with E-state index in [9.17, 15) is 8.42 Å². The van der Waals surface area contributed by atoms with Gasteiger partial charge in [-0.3, -0.25) is 0 Å². The average Bonchev–Trinajstić information content (AvgIpc) is 2.93. The first-order valence-corrected chi connectivity index (χ1v) is 9.51. The number of nitrogens with zero attached hydrogens (tertiary/aromatic N) is 1. The molecule has 2 rings (SSSR count). The van der Waals surface area contributed by atoms with Gasteiger partial charge in [-0.2, -0.15) is 4.31 Å². The summed E-state index contributed by atoms with van der Waals surface area (Å²) in [5.41, 5.74) is 2.19. The molecule has 0 bridgehead atoms. The van der Waals surface area contributed by atoms with E-state index in [4.69, 9.17) is 9.47 Å². The van der Waals surface area contributed by atoms with Crippen LogP contribution in [0.25, 0.3) is 0 Å². The standard InChI is InChI=1S/C18H27NO4S/c1-13(2)10-15-11-19(12-17(15)18(22-4)23-5)24(20,21)16-8-6-14(3)7-9-16/h6-10,15,17-18H,11-12H2,1-5H3/t15-,17-/m1/s1. The van der Waals surface area contributed by atoms with Crippen molar-refractivity contribution < 1.29 is 17.9 Å². The van der Waals surface area contributed by atoms with Crippen LogP contribution in [0.2, 0.25) is 0 Å². The Labute approximate surface area is 145 Å². The molecule has 24 heavy (non-hydrogen) atoms. The molecule has 1 aromatic carbocycles. The van der Waals surface area contributed by atoms with Crippen LogP contribution in [-0.2, 0) is 19.5 Å². The van der Waals surface area contributed by atoms with Crippen LogP contribution in [-0.4, -0.2) is 46.3 Å². The molecule has 134 valence electrons. The number of rotatable bonds is 6. The van der Waals surface area contributed by atoms with E-state index in [1.54, 1.807) is 26.4 Å². The van der Waals surface area contributed by atoms with E-state index in [-0.39, 0.29) is 11.8 Å². The monoisotopic (exact) mass is 353 g/mol. The molecule has 0 saturated carbocycles. The summed E-state index contributed by atoms with van der Waals surface area (Å²) in [5.74, 6) is 0.0373. The van der Waals surface area contributed by atoms with Crippen molar-refractivity contribution in [1.82, 2.24) is 4.31 Å². The molecule has 0 radical (unpaired) electrons. The van der Waals surface area contributed by atoms with Crippen LogP contribution >= 0.6 is 0 Å². The largest absolute Gasteiger partial charge is 0.356 e. The molecule has 0 N–H and O–H groups in total. The predicted octanol–water partition coefficient (Wildman–Crippen LogP) is 2.82. The lowest BCUT2D eigenvalue weighted by molar-refractivity contribution is -0.138. The molecule has 6 heteroatoms.